The standard InChI is InChI=1S/C23H23ClN2O3S/c1-3-22(17-11-9-16(2)10-12-17)25-23(27)20-15-18(13-14-21(20)24)26-30(28,29)19-7-5-4-6-8-19/h4-15,22,26H,3H2,1-2H3,(H,25,27)/t22-/m0/s1. The van der Waals surface area contributed by atoms with Crippen LogP contribution in [-0.2, 0) is 10.0 Å². The summed E-state index contributed by atoms with van der Waals surface area (Å²) in [7, 11) is -3.77. The molecular formula is C23H23ClN2O3S. The number of sulfonamides is 1. The molecule has 156 valence electrons. The first kappa shape index (κ1) is 21.9. The Labute approximate surface area is 182 Å². The fourth-order valence-corrected chi connectivity index (χ4v) is 4.31. The van der Waals surface area contributed by atoms with Gasteiger partial charge in [0, 0.05) is 5.69 Å². The first-order valence-corrected chi connectivity index (χ1v) is 11.4. The van der Waals surface area contributed by atoms with Gasteiger partial charge in [-0.3, -0.25) is 9.52 Å². The molecule has 0 saturated carbocycles. The molecule has 0 unspecified atom stereocenters. The largest absolute Gasteiger partial charge is 0.345 e. The maximum Gasteiger partial charge on any atom is 0.261 e. The minimum absolute atomic E-state index is 0.136. The lowest BCUT2D eigenvalue weighted by Gasteiger charge is -2.18. The molecule has 0 aromatic heterocycles. The van der Waals surface area contributed by atoms with E-state index in [-0.39, 0.29) is 33.1 Å². The third kappa shape index (κ3) is 5.20. The van der Waals surface area contributed by atoms with Crippen molar-refractivity contribution in [3.05, 3.63) is 94.5 Å². The zero-order valence-electron chi connectivity index (χ0n) is 16.7. The number of aryl methyl sites for hydroxylation is 1. The summed E-state index contributed by atoms with van der Waals surface area (Å²) < 4.78 is 27.6. The topological polar surface area (TPSA) is 75.3 Å². The number of nitrogens with one attached hydrogen (secondary N) is 2. The van der Waals surface area contributed by atoms with Crippen LogP contribution in [0.25, 0.3) is 0 Å². The smallest absolute Gasteiger partial charge is 0.261 e. The number of carbonyl (C=O) groups is 1. The van der Waals surface area contributed by atoms with E-state index < -0.39 is 10.0 Å². The van der Waals surface area contributed by atoms with Crippen molar-refractivity contribution in [2.75, 3.05) is 4.72 Å². The lowest BCUT2D eigenvalue weighted by atomic mass is 10.0. The molecule has 0 saturated heterocycles. The van der Waals surface area contributed by atoms with E-state index in [4.69, 9.17) is 11.6 Å². The summed E-state index contributed by atoms with van der Waals surface area (Å²) in [4.78, 5) is 13.0. The summed E-state index contributed by atoms with van der Waals surface area (Å²) in [6.45, 7) is 3.99. The normalized spacial score (nSPS) is 12.2. The predicted molar refractivity (Wildman–Crippen MR) is 120 cm³/mol. The molecule has 7 heteroatoms. The Morgan fingerprint density at radius 3 is 2.30 bits per heavy atom. The van der Waals surface area contributed by atoms with Gasteiger partial charge in [-0.15, -0.1) is 0 Å². The Bertz CT molecular complexity index is 1130. The lowest BCUT2D eigenvalue weighted by Crippen LogP contribution is -2.28. The van der Waals surface area contributed by atoms with Crippen molar-refractivity contribution in [3.63, 3.8) is 0 Å². The monoisotopic (exact) mass is 442 g/mol. The van der Waals surface area contributed by atoms with E-state index in [1.165, 1.54) is 30.3 Å². The molecule has 0 aliphatic carbocycles. The molecule has 0 radical (unpaired) electrons. The van der Waals surface area contributed by atoms with Crippen LogP contribution in [0.4, 0.5) is 5.69 Å². The Morgan fingerprint density at radius 1 is 1.00 bits per heavy atom. The number of amides is 1. The van der Waals surface area contributed by atoms with Gasteiger partial charge in [-0.2, -0.15) is 0 Å². The number of carbonyl (C=O) groups excluding carboxylic acids is 1. The van der Waals surface area contributed by atoms with Crippen LogP contribution in [0.2, 0.25) is 5.02 Å². The quantitative estimate of drug-likeness (QED) is 0.519. The minimum atomic E-state index is -3.77. The van der Waals surface area contributed by atoms with Crippen molar-refractivity contribution < 1.29 is 13.2 Å². The van der Waals surface area contributed by atoms with E-state index in [1.54, 1.807) is 18.2 Å². The molecule has 3 aromatic rings. The van der Waals surface area contributed by atoms with Gasteiger partial charge in [-0.05, 0) is 49.2 Å². The zero-order valence-corrected chi connectivity index (χ0v) is 18.3. The zero-order chi connectivity index (χ0) is 21.7. The fraction of sp³-hybridized carbons (Fsp3) is 0.174. The average molecular weight is 443 g/mol. The Hall–Kier alpha value is -2.83. The molecule has 1 atom stereocenters. The van der Waals surface area contributed by atoms with E-state index in [0.29, 0.717) is 6.42 Å². The summed E-state index contributed by atoms with van der Waals surface area (Å²) in [6.07, 6.45) is 0.701. The summed E-state index contributed by atoms with van der Waals surface area (Å²) in [6, 6.07) is 20.3. The summed E-state index contributed by atoms with van der Waals surface area (Å²) in [5, 5.41) is 3.23. The maximum atomic E-state index is 12.9. The second kappa shape index (κ2) is 9.32. The third-order valence-electron chi connectivity index (χ3n) is 4.71. The highest BCUT2D eigenvalue weighted by Crippen LogP contribution is 2.25. The SMILES string of the molecule is CC[C@H](NC(=O)c1cc(NS(=O)(=O)c2ccccc2)ccc1Cl)c1ccc(C)cc1. The molecule has 3 rings (SSSR count). The molecule has 1 amide bonds. The molecule has 0 aliphatic rings. The molecule has 0 heterocycles. The van der Waals surface area contributed by atoms with Crippen molar-refractivity contribution in [2.45, 2.75) is 31.2 Å². The van der Waals surface area contributed by atoms with Crippen LogP contribution in [0, 0.1) is 6.92 Å². The van der Waals surface area contributed by atoms with E-state index in [9.17, 15) is 13.2 Å². The molecule has 3 aromatic carbocycles. The number of benzene rings is 3. The van der Waals surface area contributed by atoms with Crippen LogP contribution in [0.3, 0.4) is 0 Å². The Balaban J connectivity index is 1.82. The van der Waals surface area contributed by atoms with Gasteiger partial charge in [0.1, 0.15) is 0 Å². The van der Waals surface area contributed by atoms with Gasteiger partial charge in [0.15, 0.2) is 0 Å². The Morgan fingerprint density at radius 2 is 1.67 bits per heavy atom. The minimum Gasteiger partial charge on any atom is -0.345 e. The van der Waals surface area contributed by atoms with Crippen molar-refractivity contribution in [2.24, 2.45) is 0 Å². The van der Waals surface area contributed by atoms with Crippen LogP contribution >= 0.6 is 11.6 Å². The van der Waals surface area contributed by atoms with Gasteiger partial charge < -0.3 is 5.32 Å². The molecule has 0 aliphatic heterocycles. The molecule has 0 fully saturated rings. The van der Waals surface area contributed by atoms with Gasteiger partial charge in [0.2, 0.25) is 0 Å². The van der Waals surface area contributed by atoms with Crippen LogP contribution < -0.4 is 10.0 Å². The van der Waals surface area contributed by atoms with Crippen LogP contribution in [-0.4, -0.2) is 14.3 Å². The van der Waals surface area contributed by atoms with Crippen molar-refractivity contribution in [1.29, 1.82) is 0 Å². The van der Waals surface area contributed by atoms with Gasteiger partial charge in [-0.1, -0.05) is 66.6 Å². The number of hydrogen-bond donors (Lipinski definition) is 2. The Kier molecular flexibility index (Phi) is 6.80. The number of rotatable bonds is 7. The molecular weight excluding hydrogens is 420 g/mol. The van der Waals surface area contributed by atoms with E-state index in [1.807, 2.05) is 38.1 Å². The van der Waals surface area contributed by atoms with Gasteiger partial charge in [-0.25, -0.2) is 8.42 Å². The van der Waals surface area contributed by atoms with Crippen LogP contribution in [0.5, 0.6) is 0 Å². The van der Waals surface area contributed by atoms with Gasteiger partial charge in [0.05, 0.1) is 21.5 Å². The van der Waals surface area contributed by atoms with Gasteiger partial charge in [0.25, 0.3) is 15.9 Å². The van der Waals surface area contributed by atoms with Crippen LogP contribution in [0.15, 0.2) is 77.7 Å². The van der Waals surface area contributed by atoms with Crippen molar-refractivity contribution >= 4 is 33.2 Å². The number of halogens is 1. The third-order valence-corrected chi connectivity index (χ3v) is 6.44. The van der Waals surface area contributed by atoms with E-state index in [0.717, 1.165) is 11.1 Å². The highest BCUT2D eigenvalue weighted by atomic mass is 35.5. The molecule has 5 nitrogen and oxygen atoms in total. The lowest BCUT2D eigenvalue weighted by molar-refractivity contribution is 0.0935. The average Bonchev–Trinajstić information content (AvgIpc) is 2.74. The number of anilines is 1. The van der Waals surface area contributed by atoms with E-state index >= 15 is 0 Å². The summed E-state index contributed by atoms with van der Waals surface area (Å²) in [5.74, 6) is -0.367. The molecule has 0 spiro atoms. The second-order valence-electron chi connectivity index (χ2n) is 6.96. The van der Waals surface area contributed by atoms with E-state index in [2.05, 4.69) is 10.0 Å². The van der Waals surface area contributed by atoms with Crippen molar-refractivity contribution in [3.8, 4) is 0 Å². The fourth-order valence-electron chi connectivity index (χ4n) is 3.03. The summed E-state index contributed by atoms with van der Waals surface area (Å²) >= 11 is 6.23. The predicted octanol–water partition coefficient (Wildman–Crippen LogP) is 5.33. The molecule has 2 N–H and O–H groups in total. The molecule has 0 bridgehead atoms. The highest BCUT2D eigenvalue weighted by molar-refractivity contribution is 7.92. The number of hydrogen-bond acceptors (Lipinski definition) is 3. The maximum absolute atomic E-state index is 12.9. The van der Waals surface area contributed by atoms with Crippen molar-refractivity contribution in [1.82, 2.24) is 5.32 Å². The molecule has 30 heavy (non-hydrogen) atoms. The summed E-state index contributed by atoms with van der Waals surface area (Å²) in [5.41, 5.74) is 2.60. The van der Waals surface area contributed by atoms with Crippen LogP contribution in [0.1, 0.15) is 40.9 Å². The first-order chi connectivity index (χ1) is 14.3. The first-order valence-electron chi connectivity index (χ1n) is 9.55. The second-order valence-corrected chi connectivity index (χ2v) is 9.05. The van der Waals surface area contributed by atoms with Gasteiger partial charge >= 0.3 is 0 Å². The highest BCUT2D eigenvalue weighted by Gasteiger charge is 2.19.